The molecule has 2 heteroatoms. The van der Waals surface area contributed by atoms with Crippen molar-refractivity contribution in [3.8, 4) is 67.0 Å². The largest absolute Gasteiger partial charge is 0.256 e. The van der Waals surface area contributed by atoms with E-state index in [0.717, 1.165) is 11.4 Å². The average molecular weight is 681 g/mol. The number of benzene rings is 9. The van der Waals surface area contributed by atoms with Gasteiger partial charge in [0, 0.05) is 34.6 Å². The first-order valence-corrected chi connectivity index (χ1v) is 18.6. The highest BCUT2D eigenvalue weighted by Crippen LogP contribution is 2.52. The normalized spacial score (nSPS) is 12.4. The molecule has 0 spiro atoms. The number of hydrogen-bond donors (Lipinski definition) is 0. The molecule has 2 aliphatic carbocycles. The summed E-state index contributed by atoms with van der Waals surface area (Å²) in [7, 11) is 0. The summed E-state index contributed by atoms with van der Waals surface area (Å²) in [6.45, 7) is 0. The maximum Gasteiger partial charge on any atom is 0.0787 e. The predicted molar refractivity (Wildman–Crippen MR) is 227 cm³/mol. The smallest absolute Gasteiger partial charge is 0.0787 e. The maximum absolute atomic E-state index is 4.85. The van der Waals surface area contributed by atoms with Crippen molar-refractivity contribution in [1.82, 2.24) is 9.97 Å². The molecular weight excluding hydrogens is 653 g/mol. The van der Waals surface area contributed by atoms with E-state index < -0.39 is 0 Å². The van der Waals surface area contributed by atoms with E-state index in [1.54, 1.807) is 0 Å². The molecule has 2 aliphatic rings. The molecule has 0 amide bonds. The standard InChI is InChI=1S/C52H28N2/c1-3-11-33-31(9-1)41(25-45-37-15-5-13-35-39-17-7-23-53-51(39)47(49(35)37)27-43(33)45)29-19-21-30(22-20-29)42-26-46-38-16-6-14-36-40-18-8-24-54-52(40)48(50(36)38)28-44(46)34-12-4-2-10-32(34)42/h1-28H. The lowest BCUT2D eigenvalue weighted by molar-refractivity contribution is 1.35. The number of hydrogen-bond acceptors (Lipinski definition) is 2. The molecule has 9 aromatic carbocycles. The molecule has 0 unspecified atom stereocenters. The van der Waals surface area contributed by atoms with Gasteiger partial charge in [-0.1, -0.05) is 121 Å². The third-order valence-electron chi connectivity index (χ3n) is 12.2. The lowest BCUT2D eigenvalue weighted by Crippen LogP contribution is -1.89. The number of fused-ring (bicyclic) bond motifs is 14. The highest BCUT2D eigenvalue weighted by Gasteiger charge is 2.26. The van der Waals surface area contributed by atoms with Gasteiger partial charge in [-0.15, -0.1) is 0 Å². The fourth-order valence-electron chi connectivity index (χ4n) is 9.92. The Morgan fingerprint density at radius 2 is 0.611 bits per heavy atom. The van der Waals surface area contributed by atoms with E-state index in [1.807, 2.05) is 24.5 Å². The van der Waals surface area contributed by atoms with Crippen LogP contribution in [0.1, 0.15) is 0 Å². The van der Waals surface area contributed by atoms with Crippen molar-refractivity contribution >= 4 is 64.6 Å². The summed E-state index contributed by atoms with van der Waals surface area (Å²) in [6, 6.07) is 58.6. The van der Waals surface area contributed by atoms with Crippen LogP contribution in [0, 0.1) is 0 Å². The zero-order chi connectivity index (χ0) is 35.1. The van der Waals surface area contributed by atoms with Gasteiger partial charge in [-0.2, -0.15) is 0 Å². The second kappa shape index (κ2) is 10.2. The Labute approximate surface area is 310 Å². The summed E-state index contributed by atoms with van der Waals surface area (Å²) >= 11 is 0. The molecule has 246 valence electrons. The van der Waals surface area contributed by atoms with Gasteiger partial charge in [0.15, 0.2) is 0 Å². The monoisotopic (exact) mass is 680 g/mol. The Bertz CT molecular complexity index is 3250. The van der Waals surface area contributed by atoms with Crippen molar-refractivity contribution in [2.75, 3.05) is 0 Å². The molecule has 0 aliphatic heterocycles. The van der Waals surface area contributed by atoms with Crippen molar-refractivity contribution in [3.05, 3.63) is 170 Å². The van der Waals surface area contributed by atoms with Crippen LogP contribution in [0.25, 0.3) is 132 Å². The van der Waals surface area contributed by atoms with Gasteiger partial charge in [0.2, 0.25) is 0 Å². The minimum Gasteiger partial charge on any atom is -0.256 e. The van der Waals surface area contributed by atoms with Gasteiger partial charge in [0.25, 0.3) is 0 Å². The first-order chi connectivity index (χ1) is 26.8. The molecule has 2 heterocycles. The van der Waals surface area contributed by atoms with Crippen molar-refractivity contribution in [2.45, 2.75) is 0 Å². The number of pyridine rings is 2. The summed E-state index contributed by atoms with van der Waals surface area (Å²) in [5.41, 5.74) is 14.6. The highest BCUT2D eigenvalue weighted by molar-refractivity contribution is 6.30. The Kier molecular flexibility index (Phi) is 5.39. The van der Waals surface area contributed by atoms with Gasteiger partial charge in [-0.05, 0) is 134 Å². The molecule has 2 aromatic heterocycles. The highest BCUT2D eigenvalue weighted by atomic mass is 14.7. The molecule has 13 rings (SSSR count). The summed E-state index contributed by atoms with van der Waals surface area (Å²) in [6.07, 6.45) is 3.82. The van der Waals surface area contributed by atoms with E-state index in [0.29, 0.717) is 0 Å². The quantitative estimate of drug-likeness (QED) is 0.170. The van der Waals surface area contributed by atoms with E-state index in [4.69, 9.17) is 9.97 Å². The predicted octanol–water partition coefficient (Wildman–Crippen LogP) is 14.0. The van der Waals surface area contributed by atoms with Gasteiger partial charge in [0.05, 0.1) is 11.4 Å². The van der Waals surface area contributed by atoms with Crippen molar-refractivity contribution in [1.29, 1.82) is 0 Å². The zero-order valence-electron chi connectivity index (χ0n) is 29.1. The Morgan fingerprint density at radius 3 is 1.07 bits per heavy atom. The molecule has 2 nitrogen and oxygen atoms in total. The van der Waals surface area contributed by atoms with Gasteiger partial charge in [-0.25, -0.2) is 0 Å². The molecule has 0 N–H and O–H groups in total. The van der Waals surface area contributed by atoms with E-state index in [2.05, 4.69) is 146 Å². The lowest BCUT2D eigenvalue weighted by Gasteiger charge is -2.16. The molecule has 0 saturated heterocycles. The molecule has 0 bridgehead atoms. The minimum absolute atomic E-state index is 1.08. The van der Waals surface area contributed by atoms with Crippen molar-refractivity contribution < 1.29 is 0 Å². The molecule has 0 fully saturated rings. The van der Waals surface area contributed by atoms with Crippen LogP contribution in [0.4, 0.5) is 0 Å². The van der Waals surface area contributed by atoms with Gasteiger partial charge in [-0.3, -0.25) is 9.97 Å². The van der Waals surface area contributed by atoms with E-state index >= 15 is 0 Å². The Hall–Kier alpha value is -7.16. The van der Waals surface area contributed by atoms with Crippen LogP contribution in [-0.2, 0) is 0 Å². The first-order valence-electron chi connectivity index (χ1n) is 18.6. The first kappa shape index (κ1) is 28.4. The van der Waals surface area contributed by atoms with Gasteiger partial charge >= 0.3 is 0 Å². The molecular formula is C52H28N2. The number of rotatable bonds is 2. The van der Waals surface area contributed by atoms with Crippen LogP contribution in [-0.4, -0.2) is 9.97 Å². The zero-order valence-corrected chi connectivity index (χ0v) is 29.1. The Balaban J connectivity index is 1.02. The second-order valence-corrected chi connectivity index (χ2v) is 14.8. The third kappa shape index (κ3) is 3.59. The summed E-state index contributed by atoms with van der Waals surface area (Å²) in [4.78, 5) is 9.70. The van der Waals surface area contributed by atoms with Crippen molar-refractivity contribution in [2.24, 2.45) is 0 Å². The molecule has 0 radical (unpaired) electrons. The maximum atomic E-state index is 4.85. The fourth-order valence-corrected chi connectivity index (χ4v) is 9.92. The van der Waals surface area contributed by atoms with Gasteiger partial charge < -0.3 is 0 Å². The van der Waals surface area contributed by atoms with Crippen LogP contribution in [0.5, 0.6) is 0 Å². The van der Waals surface area contributed by atoms with Crippen LogP contribution in [0.3, 0.4) is 0 Å². The molecule has 0 saturated carbocycles. The van der Waals surface area contributed by atoms with Crippen LogP contribution < -0.4 is 0 Å². The van der Waals surface area contributed by atoms with Crippen LogP contribution in [0.2, 0.25) is 0 Å². The van der Waals surface area contributed by atoms with E-state index in [-0.39, 0.29) is 0 Å². The van der Waals surface area contributed by atoms with Crippen molar-refractivity contribution in [3.63, 3.8) is 0 Å². The average Bonchev–Trinajstić information content (AvgIpc) is 3.74. The number of aromatic nitrogens is 2. The summed E-state index contributed by atoms with van der Waals surface area (Å²) in [5.74, 6) is 0. The molecule has 0 atom stereocenters. The Morgan fingerprint density at radius 1 is 0.241 bits per heavy atom. The molecule has 11 aromatic rings. The fraction of sp³-hybridized carbons (Fsp3) is 0. The second-order valence-electron chi connectivity index (χ2n) is 14.8. The topological polar surface area (TPSA) is 25.8 Å². The van der Waals surface area contributed by atoms with E-state index in [9.17, 15) is 0 Å². The third-order valence-corrected chi connectivity index (χ3v) is 12.2. The van der Waals surface area contributed by atoms with Gasteiger partial charge in [0.1, 0.15) is 0 Å². The summed E-state index contributed by atoms with van der Waals surface area (Å²) < 4.78 is 0. The summed E-state index contributed by atoms with van der Waals surface area (Å²) in [5, 5.41) is 15.3. The number of nitrogens with zero attached hydrogens (tertiary/aromatic N) is 2. The van der Waals surface area contributed by atoms with Crippen LogP contribution in [0.15, 0.2) is 170 Å². The van der Waals surface area contributed by atoms with Crippen LogP contribution >= 0.6 is 0 Å². The molecule has 54 heavy (non-hydrogen) atoms. The minimum atomic E-state index is 1.08. The SMILES string of the molecule is c1cnc2c(c1)-c1cccc3c1c-2cc1c2ccccc2c(-c2ccc(-c4cc5c6cccc7c6c(cc5c5ccccc45)-c4ncccc4-7)cc2)cc31. The van der Waals surface area contributed by atoms with E-state index in [1.165, 1.54) is 120 Å². The lowest BCUT2D eigenvalue weighted by atomic mass is 9.87.